The van der Waals surface area contributed by atoms with Gasteiger partial charge in [0.05, 0.1) is 17.5 Å². The first kappa shape index (κ1) is 18.2. The third-order valence-electron chi connectivity index (χ3n) is 5.47. The summed E-state index contributed by atoms with van der Waals surface area (Å²) in [5.41, 5.74) is 2.51. The van der Waals surface area contributed by atoms with Crippen LogP contribution in [0.15, 0.2) is 59.5 Å². The van der Waals surface area contributed by atoms with Crippen LogP contribution in [-0.4, -0.2) is 43.2 Å². The molecule has 0 aliphatic heterocycles. The highest BCUT2D eigenvalue weighted by atomic mass is 32.2. The summed E-state index contributed by atoms with van der Waals surface area (Å²) < 4.78 is 26.7. The van der Waals surface area contributed by atoms with Gasteiger partial charge in [0.15, 0.2) is 0 Å². The number of hydrogen-bond donors (Lipinski definition) is 0. The van der Waals surface area contributed by atoms with E-state index < -0.39 is 10.0 Å². The molecule has 1 atom stereocenters. The molecule has 2 aromatic rings. The normalized spacial score (nSPS) is 19.1. The number of sulfonamides is 1. The van der Waals surface area contributed by atoms with Gasteiger partial charge in [-0.15, -0.1) is 0 Å². The number of nitrogens with zero attached hydrogens (tertiary/aromatic N) is 2. The van der Waals surface area contributed by atoms with Crippen molar-refractivity contribution in [2.45, 2.75) is 42.7 Å². The fraction of sp³-hybridized carbons (Fsp3) is 0.381. The van der Waals surface area contributed by atoms with Gasteiger partial charge in [-0.25, -0.2) is 8.42 Å². The van der Waals surface area contributed by atoms with Crippen molar-refractivity contribution >= 4 is 15.9 Å². The quantitative estimate of drug-likeness (QED) is 0.769. The van der Waals surface area contributed by atoms with Crippen molar-refractivity contribution in [1.29, 1.82) is 0 Å². The molecule has 0 spiro atoms. The van der Waals surface area contributed by atoms with Gasteiger partial charge in [-0.3, -0.25) is 4.79 Å². The van der Waals surface area contributed by atoms with Crippen molar-refractivity contribution in [2.75, 3.05) is 13.6 Å². The van der Waals surface area contributed by atoms with Gasteiger partial charge in [0.1, 0.15) is 0 Å². The lowest BCUT2D eigenvalue weighted by Crippen LogP contribution is -2.43. The van der Waals surface area contributed by atoms with Gasteiger partial charge >= 0.3 is 0 Å². The molecule has 1 saturated carbocycles. The van der Waals surface area contributed by atoms with E-state index in [-0.39, 0.29) is 29.4 Å². The van der Waals surface area contributed by atoms with E-state index in [2.05, 4.69) is 12.1 Å². The molecule has 27 heavy (non-hydrogen) atoms. The van der Waals surface area contributed by atoms with E-state index in [9.17, 15) is 13.2 Å². The monoisotopic (exact) mass is 384 g/mol. The topological polar surface area (TPSA) is 57.7 Å². The highest BCUT2D eigenvalue weighted by Crippen LogP contribution is 2.41. The van der Waals surface area contributed by atoms with Crippen LogP contribution in [0.4, 0.5) is 0 Å². The standard InChI is InChI=1S/C21H24N2O3S/c1-22(27(25,26)18-8-3-2-4-9-18)15-21(24)23(17-12-13-17)20-14-11-16-7-5-6-10-19(16)20/h2-10,17,20H,11-15H2,1H3. The van der Waals surface area contributed by atoms with Crippen LogP contribution in [0.25, 0.3) is 0 Å². The summed E-state index contributed by atoms with van der Waals surface area (Å²) in [6, 6.07) is 16.8. The first-order chi connectivity index (χ1) is 13.0. The highest BCUT2D eigenvalue weighted by Gasteiger charge is 2.41. The molecule has 0 bridgehead atoms. The van der Waals surface area contributed by atoms with Crippen LogP contribution in [0.3, 0.4) is 0 Å². The van der Waals surface area contributed by atoms with Crippen LogP contribution in [0.2, 0.25) is 0 Å². The molecule has 142 valence electrons. The summed E-state index contributed by atoms with van der Waals surface area (Å²) in [6.07, 6.45) is 3.88. The Morgan fingerprint density at radius 2 is 1.67 bits per heavy atom. The first-order valence-electron chi connectivity index (χ1n) is 9.39. The molecule has 0 N–H and O–H groups in total. The van der Waals surface area contributed by atoms with Crippen molar-refractivity contribution < 1.29 is 13.2 Å². The average molecular weight is 385 g/mol. The SMILES string of the molecule is CN(CC(=O)N(C1CC1)C1CCc2ccccc21)S(=O)(=O)c1ccccc1. The van der Waals surface area contributed by atoms with E-state index in [0.29, 0.717) is 0 Å². The maximum absolute atomic E-state index is 13.1. The van der Waals surface area contributed by atoms with Crippen LogP contribution in [0, 0.1) is 0 Å². The van der Waals surface area contributed by atoms with Gasteiger partial charge in [-0.2, -0.15) is 4.31 Å². The molecule has 6 heteroatoms. The molecule has 2 aromatic carbocycles. The Balaban J connectivity index is 1.54. The Morgan fingerprint density at radius 1 is 1.00 bits per heavy atom. The number of likely N-dealkylation sites (N-methyl/N-ethyl adjacent to an activating group) is 1. The average Bonchev–Trinajstić information content (AvgIpc) is 3.42. The molecule has 2 aliphatic rings. The van der Waals surface area contributed by atoms with E-state index in [1.54, 1.807) is 30.3 Å². The van der Waals surface area contributed by atoms with E-state index in [1.807, 2.05) is 17.0 Å². The number of amides is 1. The molecule has 5 nitrogen and oxygen atoms in total. The van der Waals surface area contributed by atoms with Crippen molar-refractivity contribution in [3.05, 3.63) is 65.7 Å². The largest absolute Gasteiger partial charge is 0.332 e. The van der Waals surface area contributed by atoms with Crippen molar-refractivity contribution in [3.8, 4) is 0 Å². The molecule has 0 aromatic heterocycles. The lowest BCUT2D eigenvalue weighted by atomic mass is 10.1. The predicted molar refractivity (Wildman–Crippen MR) is 104 cm³/mol. The van der Waals surface area contributed by atoms with Crippen LogP contribution in [0.5, 0.6) is 0 Å². The van der Waals surface area contributed by atoms with Crippen LogP contribution in [-0.2, 0) is 21.2 Å². The van der Waals surface area contributed by atoms with E-state index in [1.165, 1.54) is 22.5 Å². The summed E-state index contributed by atoms with van der Waals surface area (Å²) in [5.74, 6) is -0.110. The molecular formula is C21H24N2O3S. The second-order valence-corrected chi connectivity index (χ2v) is 9.40. The zero-order valence-corrected chi connectivity index (χ0v) is 16.2. The maximum Gasteiger partial charge on any atom is 0.243 e. The van der Waals surface area contributed by atoms with Gasteiger partial charge in [0.25, 0.3) is 0 Å². The number of rotatable bonds is 6. The Bertz CT molecular complexity index is 939. The summed E-state index contributed by atoms with van der Waals surface area (Å²) in [4.78, 5) is 15.3. The van der Waals surface area contributed by atoms with E-state index in [0.717, 1.165) is 25.7 Å². The smallest absolute Gasteiger partial charge is 0.243 e. The second kappa shape index (κ2) is 7.09. The molecule has 0 radical (unpaired) electrons. The number of hydrogen-bond acceptors (Lipinski definition) is 3. The fourth-order valence-corrected chi connectivity index (χ4v) is 5.08. The lowest BCUT2D eigenvalue weighted by Gasteiger charge is -2.31. The zero-order chi connectivity index (χ0) is 19.0. The molecule has 0 saturated heterocycles. The number of carbonyl (C=O) groups is 1. The molecule has 1 unspecified atom stereocenters. The summed E-state index contributed by atoms with van der Waals surface area (Å²) in [7, 11) is -2.19. The van der Waals surface area contributed by atoms with Crippen molar-refractivity contribution in [3.63, 3.8) is 0 Å². The Hall–Kier alpha value is -2.18. The van der Waals surface area contributed by atoms with Crippen molar-refractivity contribution in [1.82, 2.24) is 9.21 Å². The molecule has 2 aliphatic carbocycles. The highest BCUT2D eigenvalue weighted by molar-refractivity contribution is 7.89. The number of fused-ring (bicyclic) bond motifs is 1. The van der Waals surface area contributed by atoms with Gasteiger partial charge in [0, 0.05) is 13.1 Å². The van der Waals surface area contributed by atoms with E-state index in [4.69, 9.17) is 0 Å². The Morgan fingerprint density at radius 3 is 2.37 bits per heavy atom. The fourth-order valence-electron chi connectivity index (χ4n) is 3.94. The zero-order valence-electron chi connectivity index (χ0n) is 15.4. The summed E-state index contributed by atoms with van der Waals surface area (Å²) in [5, 5.41) is 0. The third kappa shape index (κ3) is 3.51. The number of carbonyl (C=O) groups excluding carboxylic acids is 1. The molecule has 0 heterocycles. The maximum atomic E-state index is 13.1. The van der Waals surface area contributed by atoms with E-state index >= 15 is 0 Å². The third-order valence-corrected chi connectivity index (χ3v) is 7.29. The predicted octanol–water partition coefficient (Wildman–Crippen LogP) is 2.99. The van der Waals surface area contributed by atoms with Gasteiger partial charge in [-0.05, 0) is 48.9 Å². The van der Waals surface area contributed by atoms with Gasteiger partial charge in [-0.1, -0.05) is 42.5 Å². The minimum atomic E-state index is -3.67. The molecule has 1 fully saturated rings. The molecule has 1 amide bonds. The minimum Gasteiger partial charge on any atom is -0.332 e. The van der Waals surface area contributed by atoms with Crippen LogP contribution >= 0.6 is 0 Å². The molecule has 4 rings (SSSR count). The first-order valence-corrected chi connectivity index (χ1v) is 10.8. The van der Waals surface area contributed by atoms with Gasteiger partial charge in [0.2, 0.25) is 15.9 Å². The number of aryl methyl sites for hydroxylation is 1. The summed E-state index contributed by atoms with van der Waals surface area (Å²) in [6.45, 7) is -0.133. The minimum absolute atomic E-state index is 0.0639. The Labute approximate surface area is 160 Å². The lowest BCUT2D eigenvalue weighted by molar-refractivity contribution is -0.134. The Kier molecular flexibility index (Phi) is 4.78. The summed E-state index contributed by atoms with van der Waals surface area (Å²) >= 11 is 0. The van der Waals surface area contributed by atoms with Crippen molar-refractivity contribution in [2.24, 2.45) is 0 Å². The van der Waals surface area contributed by atoms with Crippen LogP contribution in [0.1, 0.15) is 36.4 Å². The number of benzene rings is 2. The second-order valence-electron chi connectivity index (χ2n) is 7.36. The van der Waals surface area contributed by atoms with Crippen LogP contribution < -0.4 is 0 Å². The van der Waals surface area contributed by atoms with Gasteiger partial charge < -0.3 is 4.90 Å². The molecular weight excluding hydrogens is 360 g/mol.